The van der Waals surface area contributed by atoms with Crippen molar-refractivity contribution in [3.8, 4) is 5.69 Å². The van der Waals surface area contributed by atoms with Crippen LogP contribution in [0.2, 0.25) is 0 Å². The molecule has 0 amide bonds. The van der Waals surface area contributed by atoms with E-state index in [0.29, 0.717) is 18.9 Å². The van der Waals surface area contributed by atoms with E-state index in [2.05, 4.69) is 5.10 Å². The maximum absolute atomic E-state index is 11.1. The van der Waals surface area contributed by atoms with Crippen molar-refractivity contribution < 1.29 is 9.53 Å². The van der Waals surface area contributed by atoms with Gasteiger partial charge in [0.15, 0.2) is 6.29 Å². The number of ether oxygens (including phenoxy) is 1. The van der Waals surface area contributed by atoms with Gasteiger partial charge in [0.25, 0.3) is 0 Å². The fourth-order valence-corrected chi connectivity index (χ4v) is 1.92. The Morgan fingerprint density at radius 3 is 2.81 bits per heavy atom. The SMILES string of the molecule is O=Cc1c2c(nn1-c1ccccc1)COC2. The van der Waals surface area contributed by atoms with Crippen molar-refractivity contribution >= 4 is 6.29 Å². The molecule has 0 radical (unpaired) electrons. The summed E-state index contributed by atoms with van der Waals surface area (Å²) in [6, 6.07) is 9.64. The zero-order chi connectivity index (χ0) is 11.0. The van der Waals surface area contributed by atoms with Crippen LogP contribution in [0.25, 0.3) is 5.69 Å². The van der Waals surface area contributed by atoms with E-state index in [4.69, 9.17) is 4.74 Å². The molecule has 0 saturated carbocycles. The lowest BCUT2D eigenvalue weighted by molar-refractivity contribution is 0.110. The van der Waals surface area contributed by atoms with E-state index < -0.39 is 0 Å². The Morgan fingerprint density at radius 2 is 2.06 bits per heavy atom. The first-order valence-corrected chi connectivity index (χ1v) is 5.09. The van der Waals surface area contributed by atoms with E-state index >= 15 is 0 Å². The van der Waals surface area contributed by atoms with E-state index in [1.807, 2.05) is 30.3 Å². The van der Waals surface area contributed by atoms with E-state index in [9.17, 15) is 4.79 Å². The molecule has 1 aliphatic rings. The minimum absolute atomic E-state index is 0.482. The molecule has 0 atom stereocenters. The van der Waals surface area contributed by atoms with Crippen LogP contribution < -0.4 is 0 Å². The van der Waals surface area contributed by atoms with E-state index in [1.165, 1.54) is 0 Å². The summed E-state index contributed by atoms with van der Waals surface area (Å²) >= 11 is 0. The molecule has 1 aliphatic heterocycles. The number of carbonyl (C=O) groups is 1. The largest absolute Gasteiger partial charge is 0.370 e. The zero-order valence-electron chi connectivity index (χ0n) is 8.59. The van der Waals surface area contributed by atoms with E-state index in [-0.39, 0.29) is 0 Å². The van der Waals surface area contributed by atoms with Gasteiger partial charge >= 0.3 is 0 Å². The highest BCUT2D eigenvalue weighted by Gasteiger charge is 2.22. The molecule has 2 aromatic rings. The molecule has 0 fully saturated rings. The molecule has 1 aromatic carbocycles. The number of benzene rings is 1. The highest BCUT2D eigenvalue weighted by Crippen LogP contribution is 2.24. The second kappa shape index (κ2) is 3.57. The molecular formula is C12H10N2O2. The molecule has 16 heavy (non-hydrogen) atoms. The molecule has 80 valence electrons. The van der Waals surface area contributed by atoms with Crippen LogP contribution in [-0.2, 0) is 18.0 Å². The molecule has 3 rings (SSSR count). The van der Waals surface area contributed by atoms with E-state index in [0.717, 1.165) is 23.2 Å². The maximum Gasteiger partial charge on any atom is 0.168 e. The van der Waals surface area contributed by atoms with Crippen LogP contribution in [0.1, 0.15) is 21.7 Å². The summed E-state index contributed by atoms with van der Waals surface area (Å²) in [5, 5.41) is 4.39. The van der Waals surface area contributed by atoms with Gasteiger partial charge in [0.2, 0.25) is 0 Å². The first kappa shape index (κ1) is 9.30. The van der Waals surface area contributed by atoms with Crippen molar-refractivity contribution in [1.82, 2.24) is 9.78 Å². The number of hydrogen-bond acceptors (Lipinski definition) is 3. The van der Waals surface area contributed by atoms with E-state index in [1.54, 1.807) is 4.68 Å². The highest BCUT2D eigenvalue weighted by molar-refractivity contribution is 5.76. The van der Waals surface area contributed by atoms with Gasteiger partial charge in [0, 0.05) is 5.56 Å². The molecule has 4 heteroatoms. The standard InChI is InChI=1S/C12H10N2O2/c15-6-12-10-7-16-8-11(10)13-14(12)9-4-2-1-3-5-9/h1-6H,7-8H2. The average molecular weight is 214 g/mol. The van der Waals surface area contributed by atoms with Crippen LogP contribution in [0.5, 0.6) is 0 Å². The van der Waals surface area contributed by atoms with Gasteiger partial charge in [-0.05, 0) is 12.1 Å². The van der Waals surface area contributed by atoms with Crippen LogP contribution in [0.4, 0.5) is 0 Å². The van der Waals surface area contributed by atoms with Crippen molar-refractivity contribution in [2.24, 2.45) is 0 Å². The molecule has 1 aromatic heterocycles. The summed E-state index contributed by atoms with van der Waals surface area (Å²) < 4.78 is 6.93. The number of hydrogen-bond donors (Lipinski definition) is 0. The summed E-state index contributed by atoms with van der Waals surface area (Å²) in [5.74, 6) is 0. The molecule has 2 heterocycles. The van der Waals surface area contributed by atoms with Crippen molar-refractivity contribution in [2.75, 3.05) is 0 Å². The number of para-hydroxylation sites is 1. The Labute approximate surface area is 92.5 Å². The smallest absolute Gasteiger partial charge is 0.168 e. The average Bonchev–Trinajstić information content (AvgIpc) is 2.89. The molecule has 4 nitrogen and oxygen atoms in total. The highest BCUT2D eigenvalue weighted by atomic mass is 16.5. The third kappa shape index (κ3) is 1.27. The van der Waals surface area contributed by atoms with Crippen LogP contribution in [-0.4, -0.2) is 16.1 Å². The summed E-state index contributed by atoms with van der Waals surface area (Å²) in [7, 11) is 0. The third-order valence-electron chi connectivity index (χ3n) is 2.70. The van der Waals surface area contributed by atoms with Crippen molar-refractivity contribution in [2.45, 2.75) is 13.2 Å². The number of carbonyl (C=O) groups excluding carboxylic acids is 1. The first-order chi connectivity index (χ1) is 7.90. The lowest BCUT2D eigenvalue weighted by Crippen LogP contribution is -2.03. The zero-order valence-corrected chi connectivity index (χ0v) is 8.59. The van der Waals surface area contributed by atoms with Gasteiger partial charge in [-0.25, -0.2) is 4.68 Å². The number of aromatic nitrogens is 2. The van der Waals surface area contributed by atoms with Crippen LogP contribution in [0.3, 0.4) is 0 Å². The summed E-state index contributed by atoms with van der Waals surface area (Å²) in [5.41, 5.74) is 3.28. The van der Waals surface area contributed by atoms with Gasteiger partial charge in [-0.2, -0.15) is 5.10 Å². The maximum atomic E-state index is 11.1. The van der Waals surface area contributed by atoms with Crippen LogP contribution in [0, 0.1) is 0 Å². The fraction of sp³-hybridized carbons (Fsp3) is 0.167. The van der Waals surface area contributed by atoms with Gasteiger partial charge < -0.3 is 4.74 Å². The second-order valence-electron chi connectivity index (χ2n) is 3.67. The fourth-order valence-electron chi connectivity index (χ4n) is 1.92. The van der Waals surface area contributed by atoms with Gasteiger partial charge in [-0.3, -0.25) is 4.79 Å². The third-order valence-corrected chi connectivity index (χ3v) is 2.70. The topological polar surface area (TPSA) is 44.1 Å². The number of nitrogens with zero attached hydrogens (tertiary/aromatic N) is 2. The lowest BCUT2D eigenvalue weighted by atomic mass is 10.2. The van der Waals surface area contributed by atoms with Crippen molar-refractivity contribution in [3.63, 3.8) is 0 Å². The quantitative estimate of drug-likeness (QED) is 0.715. The molecule has 0 bridgehead atoms. The number of rotatable bonds is 2. The monoisotopic (exact) mass is 214 g/mol. The van der Waals surface area contributed by atoms with Gasteiger partial charge in [-0.15, -0.1) is 0 Å². The summed E-state index contributed by atoms with van der Waals surface area (Å²) in [6.45, 7) is 0.978. The van der Waals surface area contributed by atoms with Gasteiger partial charge in [0.1, 0.15) is 5.69 Å². The van der Waals surface area contributed by atoms with Crippen molar-refractivity contribution in [3.05, 3.63) is 47.3 Å². The predicted molar refractivity (Wildman–Crippen MR) is 57.4 cm³/mol. The normalized spacial score (nSPS) is 13.8. The van der Waals surface area contributed by atoms with Crippen LogP contribution >= 0.6 is 0 Å². The second-order valence-corrected chi connectivity index (χ2v) is 3.67. The Morgan fingerprint density at radius 1 is 1.25 bits per heavy atom. The molecule has 0 aliphatic carbocycles. The molecule has 0 N–H and O–H groups in total. The molecule has 0 saturated heterocycles. The Hall–Kier alpha value is -1.94. The number of fused-ring (bicyclic) bond motifs is 1. The Balaban J connectivity index is 2.19. The van der Waals surface area contributed by atoms with Crippen molar-refractivity contribution in [1.29, 1.82) is 0 Å². The summed E-state index contributed by atoms with van der Waals surface area (Å²) in [4.78, 5) is 11.1. The Kier molecular flexibility index (Phi) is 2.08. The molecule has 0 spiro atoms. The minimum atomic E-state index is 0.482. The molecule has 0 unspecified atom stereocenters. The molecular weight excluding hydrogens is 204 g/mol. The predicted octanol–water partition coefficient (Wildman–Crippen LogP) is 1.72. The minimum Gasteiger partial charge on any atom is -0.370 e. The Bertz CT molecular complexity index is 531. The number of aldehydes is 1. The summed E-state index contributed by atoms with van der Waals surface area (Å²) in [6.07, 6.45) is 0.841. The van der Waals surface area contributed by atoms with Crippen LogP contribution in [0.15, 0.2) is 30.3 Å². The lowest BCUT2D eigenvalue weighted by Gasteiger charge is -2.04. The van der Waals surface area contributed by atoms with Gasteiger partial charge in [-0.1, -0.05) is 18.2 Å². The first-order valence-electron chi connectivity index (χ1n) is 5.09. The van der Waals surface area contributed by atoms with Gasteiger partial charge in [0.05, 0.1) is 24.6 Å².